The summed E-state index contributed by atoms with van der Waals surface area (Å²) in [6.45, 7) is 1.49. The highest BCUT2D eigenvalue weighted by molar-refractivity contribution is 5.78. The highest BCUT2D eigenvalue weighted by atomic mass is 16.5. The quantitative estimate of drug-likeness (QED) is 0.709. The van der Waals surface area contributed by atoms with Crippen LogP contribution in [0.4, 0.5) is 4.79 Å². The second kappa shape index (κ2) is 7.29. The smallest absolute Gasteiger partial charge is 0.407 e. The Kier molecular flexibility index (Phi) is 4.93. The van der Waals surface area contributed by atoms with E-state index in [1.54, 1.807) is 7.11 Å². The fourth-order valence-corrected chi connectivity index (χ4v) is 2.96. The molecule has 0 aliphatic heterocycles. The zero-order valence-electron chi connectivity index (χ0n) is 13.3. The van der Waals surface area contributed by atoms with Crippen LogP contribution in [0.1, 0.15) is 23.1 Å². The van der Waals surface area contributed by atoms with Crippen LogP contribution in [0.15, 0.2) is 42.5 Å². The van der Waals surface area contributed by atoms with Crippen molar-refractivity contribution in [2.45, 2.75) is 19.4 Å². The molecule has 1 aliphatic carbocycles. The molecule has 2 aromatic rings. The molecule has 1 N–H and O–H groups in total. The van der Waals surface area contributed by atoms with Crippen molar-refractivity contribution in [1.82, 2.24) is 5.32 Å². The molecule has 3 rings (SSSR count). The summed E-state index contributed by atoms with van der Waals surface area (Å²) in [6, 6.07) is 14.6. The second-order valence-electron chi connectivity index (χ2n) is 5.63. The van der Waals surface area contributed by atoms with Gasteiger partial charge in [0, 0.05) is 20.3 Å². The third-order valence-electron chi connectivity index (χ3n) is 4.10. The Balaban J connectivity index is 1.61. The summed E-state index contributed by atoms with van der Waals surface area (Å²) in [5.41, 5.74) is 6.21. The van der Waals surface area contributed by atoms with Gasteiger partial charge in [-0.25, -0.2) is 4.79 Å². The number of hydrogen-bond donors (Lipinski definition) is 1. The Bertz CT molecular complexity index is 697. The Labute approximate surface area is 136 Å². The topological polar surface area (TPSA) is 47.6 Å². The van der Waals surface area contributed by atoms with Crippen LogP contribution >= 0.6 is 0 Å². The van der Waals surface area contributed by atoms with E-state index in [1.165, 1.54) is 22.3 Å². The van der Waals surface area contributed by atoms with Crippen LogP contribution in [0.2, 0.25) is 0 Å². The van der Waals surface area contributed by atoms with Gasteiger partial charge >= 0.3 is 6.09 Å². The second-order valence-corrected chi connectivity index (χ2v) is 5.63. The molecule has 0 unspecified atom stereocenters. The van der Waals surface area contributed by atoms with Gasteiger partial charge in [0.1, 0.15) is 6.61 Å². The van der Waals surface area contributed by atoms with Crippen molar-refractivity contribution in [2.24, 2.45) is 0 Å². The number of hydrogen-bond acceptors (Lipinski definition) is 3. The van der Waals surface area contributed by atoms with Crippen LogP contribution in [0.25, 0.3) is 11.1 Å². The number of alkyl carbamates (subject to hydrolysis) is 1. The fraction of sp³-hybridized carbons (Fsp3) is 0.316. The molecular weight excluding hydrogens is 290 g/mol. The third-order valence-corrected chi connectivity index (χ3v) is 4.10. The van der Waals surface area contributed by atoms with Gasteiger partial charge in [-0.2, -0.15) is 0 Å². The largest absolute Gasteiger partial charge is 0.445 e. The first-order valence-electron chi connectivity index (χ1n) is 7.88. The maximum absolute atomic E-state index is 11.7. The summed E-state index contributed by atoms with van der Waals surface area (Å²) in [5.74, 6) is 0. The van der Waals surface area contributed by atoms with Gasteiger partial charge in [0.25, 0.3) is 0 Å². The minimum atomic E-state index is -0.380. The van der Waals surface area contributed by atoms with Crippen LogP contribution in [0.5, 0.6) is 0 Å². The lowest BCUT2D eigenvalue weighted by Crippen LogP contribution is -2.26. The summed E-state index contributed by atoms with van der Waals surface area (Å²) in [4.78, 5) is 11.7. The zero-order valence-corrected chi connectivity index (χ0v) is 13.3. The van der Waals surface area contributed by atoms with Gasteiger partial charge in [-0.15, -0.1) is 0 Å². The molecule has 0 atom stereocenters. The van der Waals surface area contributed by atoms with Gasteiger partial charge in [0.2, 0.25) is 0 Å². The zero-order chi connectivity index (χ0) is 16.1. The molecule has 23 heavy (non-hydrogen) atoms. The molecule has 0 radical (unpaired) electrons. The number of carbonyl (C=O) groups is 1. The molecular formula is C19H21NO3. The molecule has 2 aromatic carbocycles. The molecule has 1 aliphatic rings. The lowest BCUT2D eigenvalue weighted by molar-refractivity contribution is 0.137. The standard InChI is InChI=1S/C19H21NO3/c1-22-11-5-10-20-19(21)23-13-15-7-4-9-17-16-8-3-2-6-14(16)12-18(15)17/h2-4,6-9H,5,10-13H2,1H3,(H,20,21). The number of ether oxygens (including phenoxy) is 2. The third kappa shape index (κ3) is 3.54. The monoisotopic (exact) mass is 311 g/mol. The lowest BCUT2D eigenvalue weighted by atomic mass is 10.0. The number of rotatable bonds is 6. The molecule has 1 amide bonds. The van der Waals surface area contributed by atoms with E-state index < -0.39 is 0 Å². The Hall–Kier alpha value is -2.33. The van der Waals surface area contributed by atoms with Crippen LogP contribution in [0.3, 0.4) is 0 Å². The van der Waals surface area contributed by atoms with Gasteiger partial charge in [-0.05, 0) is 40.7 Å². The summed E-state index contributed by atoms with van der Waals surface area (Å²) >= 11 is 0. The van der Waals surface area contributed by atoms with Crippen molar-refractivity contribution in [1.29, 1.82) is 0 Å². The summed E-state index contributed by atoms with van der Waals surface area (Å²) < 4.78 is 10.3. The van der Waals surface area contributed by atoms with Crippen LogP contribution in [0, 0.1) is 0 Å². The van der Waals surface area contributed by atoms with E-state index in [9.17, 15) is 4.79 Å². The van der Waals surface area contributed by atoms with Gasteiger partial charge in [0.15, 0.2) is 0 Å². The van der Waals surface area contributed by atoms with Crippen LogP contribution in [-0.4, -0.2) is 26.4 Å². The molecule has 0 heterocycles. The minimum Gasteiger partial charge on any atom is -0.445 e. The summed E-state index contributed by atoms with van der Waals surface area (Å²) in [5, 5.41) is 2.73. The Morgan fingerprint density at radius 3 is 2.83 bits per heavy atom. The van der Waals surface area contributed by atoms with E-state index in [0.717, 1.165) is 18.4 Å². The molecule has 120 valence electrons. The average molecular weight is 311 g/mol. The fourth-order valence-electron chi connectivity index (χ4n) is 2.96. The van der Waals surface area contributed by atoms with Crippen LogP contribution in [-0.2, 0) is 22.5 Å². The number of methoxy groups -OCH3 is 1. The normalized spacial score (nSPS) is 11.7. The first-order valence-corrected chi connectivity index (χ1v) is 7.88. The van der Waals surface area contributed by atoms with Gasteiger partial charge in [-0.1, -0.05) is 42.5 Å². The van der Waals surface area contributed by atoms with E-state index in [0.29, 0.717) is 19.8 Å². The first-order chi connectivity index (χ1) is 11.3. The van der Waals surface area contributed by atoms with E-state index in [4.69, 9.17) is 9.47 Å². The first kappa shape index (κ1) is 15.6. The highest BCUT2D eigenvalue weighted by Gasteiger charge is 2.20. The summed E-state index contributed by atoms with van der Waals surface area (Å²) in [6.07, 6.45) is 1.30. The number of nitrogens with one attached hydrogen (secondary N) is 1. The Morgan fingerprint density at radius 2 is 1.96 bits per heavy atom. The van der Waals surface area contributed by atoms with Crippen molar-refractivity contribution < 1.29 is 14.3 Å². The maximum Gasteiger partial charge on any atom is 0.407 e. The number of fused-ring (bicyclic) bond motifs is 3. The Morgan fingerprint density at radius 1 is 1.13 bits per heavy atom. The van der Waals surface area contributed by atoms with E-state index in [-0.39, 0.29) is 6.09 Å². The maximum atomic E-state index is 11.7. The van der Waals surface area contributed by atoms with E-state index in [1.807, 2.05) is 12.1 Å². The molecule has 0 aromatic heterocycles. The lowest BCUT2D eigenvalue weighted by Gasteiger charge is -2.10. The van der Waals surface area contributed by atoms with Crippen LogP contribution < -0.4 is 5.32 Å². The van der Waals surface area contributed by atoms with Crippen molar-refractivity contribution in [3.63, 3.8) is 0 Å². The van der Waals surface area contributed by atoms with E-state index in [2.05, 4.69) is 35.6 Å². The van der Waals surface area contributed by atoms with Gasteiger partial charge in [-0.3, -0.25) is 0 Å². The highest BCUT2D eigenvalue weighted by Crippen LogP contribution is 2.38. The van der Waals surface area contributed by atoms with Gasteiger partial charge < -0.3 is 14.8 Å². The molecule has 4 nitrogen and oxygen atoms in total. The number of benzene rings is 2. The summed E-state index contributed by atoms with van der Waals surface area (Å²) in [7, 11) is 1.65. The van der Waals surface area contributed by atoms with Crippen molar-refractivity contribution in [3.05, 3.63) is 59.2 Å². The predicted molar refractivity (Wildman–Crippen MR) is 89.4 cm³/mol. The average Bonchev–Trinajstić information content (AvgIpc) is 2.96. The minimum absolute atomic E-state index is 0.299. The SMILES string of the molecule is COCCCNC(=O)OCc1cccc2c1Cc1ccccc1-2. The van der Waals surface area contributed by atoms with Crippen molar-refractivity contribution >= 4 is 6.09 Å². The predicted octanol–water partition coefficient (Wildman–Crippen LogP) is 3.52. The number of carbonyl (C=O) groups excluding carboxylic acids is 1. The molecule has 0 spiro atoms. The molecule has 0 bridgehead atoms. The van der Waals surface area contributed by atoms with Crippen molar-refractivity contribution in [3.8, 4) is 11.1 Å². The molecule has 4 heteroatoms. The van der Waals surface area contributed by atoms with E-state index >= 15 is 0 Å². The van der Waals surface area contributed by atoms with Crippen molar-refractivity contribution in [2.75, 3.05) is 20.3 Å². The number of amides is 1. The van der Waals surface area contributed by atoms with Gasteiger partial charge in [0.05, 0.1) is 0 Å². The molecule has 0 saturated carbocycles. The molecule has 0 fully saturated rings. The molecule has 0 saturated heterocycles.